The number of fused-ring (bicyclic) bond motifs is 1. The minimum atomic E-state index is -1.32. The molecule has 1 aliphatic heterocycles. The van der Waals surface area contributed by atoms with E-state index >= 15 is 0 Å². The van der Waals surface area contributed by atoms with Gasteiger partial charge in [-0.25, -0.2) is 13.6 Å². The highest BCUT2D eigenvalue weighted by molar-refractivity contribution is 5.81. The molecule has 44 heavy (non-hydrogen) atoms. The highest BCUT2D eigenvalue weighted by Crippen LogP contribution is 2.29. The van der Waals surface area contributed by atoms with Crippen LogP contribution in [0.4, 0.5) is 8.78 Å². The van der Waals surface area contributed by atoms with Crippen LogP contribution in [0.15, 0.2) is 76.3 Å². The number of alkyl halides is 2. The predicted octanol–water partition coefficient (Wildman–Crippen LogP) is 3.52. The summed E-state index contributed by atoms with van der Waals surface area (Å²) >= 11 is 0. The lowest BCUT2D eigenvalue weighted by molar-refractivity contribution is -0.142. The molecule has 0 radical (unpaired) electrons. The minimum Gasteiger partial charge on any atom is -0.493 e. The van der Waals surface area contributed by atoms with E-state index < -0.39 is 36.7 Å². The summed E-state index contributed by atoms with van der Waals surface area (Å²) in [6.45, 7) is -1.51. The number of hydrogen-bond donors (Lipinski definition) is 0. The van der Waals surface area contributed by atoms with Gasteiger partial charge < -0.3 is 23.8 Å². The van der Waals surface area contributed by atoms with Crippen LogP contribution in [0.3, 0.4) is 0 Å². The van der Waals surface area contributed by atoms with E-state index in [-0.39, 0.29) is 43.3 Å². The Morgan fingerprint density at radius 1 is 0.909 bits per heavy atom. The van der Waals surface area contributed by atoms with Gasteiger partial charge in [-0.1, -0.05) is 36.4 Å². The second-order valence-corrected chi connectivity index (χ2v) is 10.4. The van der Waals surface area contributed by atoms with E-state index in [4.69, 9.17) is 18.9 Å². The fraction of sp³-hybridized carbons (Fsp3) is 0.344. The number of amides is 1. The van der Waals surface area contributed by atoms with Gasteiger partial charge in [-0.05, 0) is 41.5 Å². The smallest absolute Gasteiger partial charge is 0.332 e. The van der Waals surface area contributed by atoms with E-state index in [9.17, 15) is 23.2 Å². The second-order valence-electron chi connectivity index (χ2n) is 10.4. The Hall–Kier alpha value is -4.71. The van der Waals surface area contributed by atoms with Crippen LogP contribution in [0.5, 0.6) is 17.2 Å². The number of nitrogens with zero attached hydrogens (tertiary/aromatic N) is 3. The van der Waals surface area contributed by atoms with Crippen LogP contribution in [-0.4, -0.2) is 73.3 Å². The SMILES string of the molecule is COc1ccc(Cn2c(=O)c3cc(OC(CF)CF)ccc3n(C3CN(C(=O)COCc4ccccc4)C3)c2=O)cc1OC. The molecule has 1 aliphatic rings. The first-order valence-corrected chi connectivity index (χ1v) is 14.0. The zero-order valence-corrected chi connectivity index (χ0v) is 24.4. The lowest BCUT2D eigenvalue weighted by Gasteiger charge is -2.40. The lowest BCUT2D eigenvalue weighted by atomic mass is 10.1. The summed E-state index contributed by atoms with van der Waals surface area (Å²) in [5, 5.41) is 0.134. The molecule has 232 valence electrons. The quantitative estimate of drug-likeness (QED) is 0.229. The molecular formula is C32H33F2N3O7. The van der Waals surface area contributed by atoms with Gasteiger partial charge in [-0.3, -0.25) is 18.7 Å². The van der Waals surface area contributed by atoms with Crippen molar-refractivity contribution in [3.05, 3.63) is 98.7 Å². The number of benzene rings is 3. The number of halogens is 2. The first-order valence-electron chi connectivity index (χ1n) is 14.0. The Morgan fingerprint density at radius 2 is 1.64 bits per heavy atom. The third-order valence-corrected chi connectivity index (χ3v) is 7.49. The van der Waals surface area contributed by atoms with Gasteiger partial charge in [0.2, 0.25) is 5.91 Å². The van der Waals surface area contributed by atoms with Crippen LogP contribution in [-0.2, 0) is 22.7 Å². The molecule has 0 saturated carbocycles. The maximum atomic E-state index is 13.9. The molecule has 0 unspecified atom stereocenters. The number of carbonyl (C=O) groups excluding carboxylic acids is 1. The van der Waals surface area contributed by atoms with Crippen molar-refractivity contribution < 1.29 is 32.5 Å². The zero-order chi connectivity index (χ0) is 31.2. The van der Waals surface area contributed by atoms with E-state index in [0.717, 1.165) is 10.1 Å². The van der Waals surface area contributed by atoms with Gasteiger partial charge in [-0.15, -0.1) is 0 Å². The van der Waals surface area contributed by atoms with Crippen molar-refractivity contribution >= 4 is 16.8 Å². The van der Waals surface area contributed by atoms with Gasteiger partial charge in [0, 0.05) is 13.1 Å². The number of likely N-dealkylation sites (tertiary alicyclic amines) is 1. The summed E-state index contributed by atoms with van der Waals surface area (Å²) in [7, 11) is 2.99. The van der Waals surface area contributed by atoms with E-state index in [2.05, 4.69) is 0 Å². The van der Waals surface area contributed by atoms with E-state index in [1.807, 2.05) is 30.3 Å². The molecule has 2 heterocycles. The van der Waals surface area contributed by atoms with Crippen molar-refractivity contribution in [1.29, 1.82) is 0 Å². The van der Waals surface area contributed by atoms with Gasteiger partial charge in [0.15, 0.2) is 17.6 Å². The van der Waals surface area contributed by atoms with Crippen molar-refractivity contribution in [2.75, 3.05) is 47.3 Å². The molecule has 4 aromatic rings. The maximum Gasteiger partial charge on any atom is 0.332 e. The molecule has 3 aromatic carbocycles. The van der Waals surface area contributed by atoms with Crippen molar-refractivity contribution in [2.45, 2.75) is 25.3 Å². The largest absolute Gasteiger partial charge is 0.493 e. The summed E-state index contributed by atoms with van der Waals surface area (Å²) in [6, 6.07) is 18.5. The number of rotatable bonds is 13. The number of hydrogen-bond acceptors (Lipinski definition) is 7. The molecule has 0 spiro atoms. The molecular weight excluding hydrogens is 576 g/mol. The number of carbonyl (C=O) groups is 1. The summed E-state index contributed by atoms with van der Waals surface area (Å²) in [5.41, 5.74) is 0.722. The highest BCUT2D eigenvalue weighted by atomic mass is 19.1. The topological polar surface area (TPSA) is 101 Å². The Bertz CT molecular complexity index is 1730. The normalized spacial score (nSPS) is 13.2. The van der Waals surface area contributed by atoms with Gasteiger partial charge in [0.05, 0.1) is 44.3 Å². The van der Waals surface area contributed by atoms with E-state index in [1.54, 1.807) is 23.1 Å². The number of methoxy groups -OCH3 is 2. The average Bonchev–Trinajstić information content (AvgIpc) is 3.03. The van der Waals surface area contributed by atoms with E-state index in [1.165, 1.54) is 37.0 Å². The Morgan fingerprint density at radius 3 is 2.32 bits per heavy atom. The molecule has 0 atom stereocenters. The molecule has 1 amide bonds. The Balaban J connectivity index is 1.44. The zero-order valence-electron chi connectivity index (χ0n) is 24.4. The summed E-state index contributed by atoms with van der Waals surface area (Å²) < 4.78 is 50.5. The minimum absolute atomic E-state index is 0.0840. The summed E-state index contributed by atoms with van der Waals surface area (Å²) in [4.78, 5) is 42.0. The molecule has 1 saturated heterocycles. The van der Waals surface area contributed by atoms with Crippen molar-refractivity contribution in [2.24, 2.45) is 0 Å². The molecule has 0 aliphatic carbocycles. The number of ether oxygens (including phenoxy) is 4. The number of aromatic nitrogens is 2. The predicted molar refractivity (Wildman–Crippen MR) is 159 cm³/mol. The van der Waals surface area contributed by atoms with Crippen molar-refractivity contribution in [3.63, 3.8) is 0 Å². The van der Waals surface area contributed by atoms with Crippen LogP contribution in [0.25, 0.3) is 10.9 Å². The summed E-state index contributed by atoms with van der Waals surface area (Å²) in [5.74, 6) is 0.802. The molecule has 0 N–H and O–H groups in total. The average molecular weight is 610 g/mol. The maximum absolute atomic E-state index is 13.9. The van der Waals surface area contributed by atoms with Crippen molar-refractivity contribution in [3.8, 4) is 17.2 Å². The van der Waals surface area contributed by atoms with Gasteiger partial charge in [-0.2, -0.15) is 0 Å². The molecule has 5 rings (SSSR count). The molecule has 1 fully saturated rings. The second kappa shape index (κ2) is 13.7. The van der Waals surface area contributed by atoms with E-state index in [0.29, 0.717) is 29.2 Å². The van der Waals surface area contributed by atoms with Gasteiger partial charge in [0.1, 0.15) is 25.7 Å². The fourth-order valence-electron chi connectivity index (χ4n) is 5.13. The Labute approximate surface area is 251 Å². The standard InChI is InChI=1S/C32H33F2N3O7/c1-41-28-11-8-22(12-29(28)42-2)16-36-31(39)26-13-24(44-25(14-33)15-34)9-10-27(26)37(32(36)40)23-17-35(18-23)30(38)20-43-19-21-6-4-3-5-7-21/h3-13,23,25H,14-20H2,1-2H3. The van der Waals surface area contributed by atoms with Crippen LogP contribution in [0, 0.1) is 0 Å². The van der Waals surface area contributed by atoms with Crippen LogP contribution in [0.2, 0.25) is 0 Å². The van der Waals surface area contributed by atoms with Gasteiger partial charge in [0.25, 0.3) is 5.56 Å². The lowest BCUT2D eigenvalue weighted by Crippen LogP contribution is -2.55. The molecule has 10 nitrogen and oxygen atoms in total. The fourth-order valence-corrected chi connectivity index (χ4v) is 5.13. The van der Waals surface area contributed by atoms with Crippen molar-refractivity contribution in [1.82, 2.24) is 14.0 Å². The Kier molecular flexibility index (Phi) is 9.59. The molecule has 1 aromatic heterocycles. The molecule has 0 bridgehead atoms. The summed E-state index contributed by atoms with van der Waals surface area (Å²) in [6.07, 6.45) is -1.32. The monoisotopic (exact) mass is 609 g/mol. The van der Waals surface area contributed by atoms with Crippen LogP contribution >= 0.6 is 0 Å². The van der Waals surface area contributed by atoms with Crippen LogP contribution < -0.4 is 25.5 Å². The first kappa shape index (κ1) is 30.7. The third kappa shape index (κ3) is 6.45. The first-order chi connectivity index (χ1) is 21.4. The highest BCUT2D eigenvalue weighted by Gasteiger charge is 2.34. The third-order valence-electron chi connectivity index (χ3n) is 7.49. The molecule has 12 heteroatoms. The van der Waals surface area contributed by atoms with Gasteiger partial charge >= 0.3 is 5.69 Å². The van der Waals surface area contributed by atoms with Crippen LogP contribution in [0.1, 0.15) is 17.2 Å².